The summed E-state index contributed by atoms with van der Waals surface area (Å²) in [5.74, 6) is 2.27. The van der Waals surface area contributed by atoms with Gasteiger partial charge in [-0.2, -0.15) is 0 Å². The van der Waals surface area contributed by atoms with Crippen molar-refractivity contribution in [3.63, 3.8) is 0 Å². The van der Waals surface area contributed by atoms with E-state index >= 15 is 0 Å². The number of allylic oxidation sites excluding steroid dienone is 4. The highest BCUT2D eigenvalue weighted by Gasteiger charge is 2.23. The van der Waals surface area contributed by atoms with Gasteiger partial charge in [-0.1, -0.05) is 103 Å². The van der Waals surface area contributed by atoms with Gasteiger partial charge >= 0.3 is 0 Å². The molecule has 3 aromatic heterocycles. The van der Waals surface area contributed by atoms with Crippen LogP contribution in [0.1, 0.15) is 42.9 Å². The molecule has 0 aliphatic heterocycles. The average molecular weight is 636 g/mol. The topological polar surface area (TPSA) is 51.8 Å². The predicted molar refractivity (Wildman–Crippen MR) is 198 cm³/mol. The van der Waals surface area contributed by atoms with Crippen LogP contribution < -0.4 is 10.4 Å². The Morgan fingerprint density at radius 1 is 0.542 bits per heavy atom. The van der Waals surface area contributed by atoms with Crippen molar-refractivity contribution in [1.82, 2.24) is 15.0 Å². The van der Waals surface area contributed by atoms with Gasteiger partial charge in [0.05, 0.1) is 0 Å². The molecule has 5 heteroatoms. The molecule has 0 radical (unpaired) electrons. The third-order valence-electron chi connectivity index (χ3n) is 9.78. The van der Waals surface area contributed by atoms with Crippen LogP contribution in [0, 0.1) is 0 Å². The zero-order valence-electron chi connectivity index (χ0n) is 26.1. The molecule has 0 saturated carbocycles. The van der Waals surface area contributed by atoms with E-state index in [4.69, 9.17) is 19.4 Å². The molecule has 0 N–H and O–H groups in total. The molecule has 0 unspecified atom stereocenters. The second-order valence-electron chi connectivity index (χ2n) is 12.5. The Kier molecular flexibility index (Phi) is 6.27. The molecule has 228 valence electrons. The molecule has 0 atom stereocenters. The van der Waals surface area contributed by atoms with Crippen molar-refractivity contribution >= 4 is 70.2 Å². The summed E-state index contributed by atoms with van der Waals surface area (Å²) in [6.45, 7) is 0. The van der Waals surface area contributed by atoms with Crippen molar-refractivity contribution < 1.29 is 4.42 Å². The van der Waals surface area contributed by atoms with Gasteiger partial charge in [0.1, 0.15) is 11.2 Å². The summed E-state index contributed by atoms with van der Waals surface area (Å²) in [5, 5.41) is 7.26. The second-order valence-corrected chi connectivity index (χ2v) is 13.6. The highest BCUT2D eigenvalue weighted by molar-refractivity contribution is 7.26. The molecule has 2 aliphatic rings. The largest absolute Gasteiger partial charge is 0.456 e. The maximum atomic E-state index is 6.28. The first-order valence-corrected chi connectivity index (χ1v) is 17.4. The summed E-state index contributed by atoms with van der Waals surface area (Å²) in [6.07, 6.45) is 10.1. The summed E-state index contributed by atoms with van der Waals surface area (Å²) in [4.78, 5) is 15.7. The van der Waals surface area contributed by atoms with E-state index < -0.39 is 0 Å². The minimum Gasteiger partial charge on any atom is -0.456 e. The number of hydrogen-bond donors (Lipinski definition) is 0. The maximum Gasteiger partial charge on any atom is 0.165 e. The lowest BCUT2D eigenvalue weighted by Gasteiger charge is -2.19. The molecule has 4 nitrogen and oxygen atoms in total. The summed E-state index contributed by atoms with van der Waals surface area (Å²) in [5.41, 5.74) is 7.78. The van der Waals surface area contributed by atoms with E-state index in [1.807, 2.05) is 17.4 Å². The summed E-state index contributed by atoms with van der Waals surface area (Å²) in [7, 11) is 0. The highest BCUT2D eigenvalue weighted by Crippen LogP contribution is 2.40. The van der Waals surface area contributed by atoms with Crippen molar-refractivity contribution in [3.05, 3.63) is 155 Å². The van der Waals surface area contributed by atoms with E-state index in [1.165, 1.54) is 52.7 Å². The lowest BCUT2D eigenvalue weighted by atomic mass is 9.87. The Morgan fingerprint density at radius 3 is 2.12 bits per heavy atom. The van der Waals surface area contributed by atoms with E-state index in [0.29, 0.717) is 0 Å². The van der Waals surface area contributed by atoms with Gasteiger partial charge in [-0.15, -0.1) is 11.3 Å². The van der Waals surface area contributed by atoms with Gasteiger partial charge < -0.3 is 4.42 Å². The Hall–Kier alpha value is -5.65. The second kappa shape index (κ2) is 11.0. The van der Waals surface area contributed by atoms with Gasteiger partial charge in [-0.25, -0.2) is 15.0 Å². The highest BCUT2D eigenvalue weighted by atomic mass is 32.1. The lowest BCUT2D eigenvalue weighted by molar-refractivity contribution is 0.669. The molecule has 10 rings (SSSR count). The van der Waals surface area contributed by atoms with Crippen molar-refractivity contribution in [1.29, 1.82) is 0 Å². The van der Waals surface area contributed by atoms with Crippen LogP contribution in [0.3, 0.4) is 0 Å². The zero-order valence-corrected chi connectivity index (χ0v) is 26.9. The van der Waals surface area contributed by atoms with Crippen molar-refractivity contribution in [2.45, 2.75) is 25.7 Å². The Balaban J connectivity index is 1.24. The first-order chi connectivity index (χ1) is 23.8. The SMILES string of the molecule is C1=CCCC(c2nc(C3=c4ccccc4=C(c4cccc5oc6ccccc6c45)CC3)nc(-c3cccc4c3sc3ccccc34)n2)=C1. The third kappa shape index (κ3) is 4.31. The van der Waals surface area contributed by atoms with E-state index in [-0.39, 0.29) is 0 Å². The molecule has 48 heavy (non-hydrogen) atoms. The van der Waals surface area contributed by atoms with Crippen LogP contribution in [-0.4, -0.2) is 15.0 Å². The predicted octanol–water partition coefficient (Wildman–Crippen LogP) is 9.73. The number of fused-ring (bicyclic) bond motifs is 7. The first kappa shape index (κ1) is 27.5. The van der Waals surface area contributed by atoms with Crippen LogP contribution in [0.5, 0.6) is 0 Å². The lowest BCUT2D eigenvalue weighted by Crippen LogP contribution is -2.33. The number of nitrogens with zero attached hydrogens (tertiary/aromatic N) is 3. The van der Waals surface area contributed by atoms with Gasteiger partial charge in [0, 0.05) is 42.1 Å². The Morgan fingerprint density at radius 2 is 1.23 bits per heavy atom. The van der Waals surface area contributed by atoms with Gasteiger partial charge in [-0.05, 0) is 77.1 Å². The molecule has 3 heterocycles. The molecule has 0 bridgehead atoms. The number of rotatable bonds is 4. The Bertz CT molecular complexity index is 2800. The standard InChI is InChI=1S/C43H29N3OS/c1-2-12-26(13-3-1)41-44-42(46-43(45-41)35-20-10-19-32-30-16-7-9-23-38(30)48-40(32)35)33-25-24-29(27-14-4-5-15-28(27)33)31-18-11-22-37-39(31)34-17-6-8-21-36(34)47-37/h1-2,4-12,14-23H,3,13,24-25H2. The van der Waals surface area contributed by atoms with E-state index in [9.17, 15) is 0 Å². The van der Waals surface area contributed by atoms with Crippen LogP contribution in [-0.2, 0) is 0 Å². The smallest absolute Gasteiger partial charge is 0.165 e. The molecular formula is C43H29N3OS. The van der Waals surface area contributed by atoms with Gasteiger partial charge in [0.25, 0.3) is 0 Å². The van der Waals surface area contributed by atoms with Crippen LogP contribution in [0.15, 0.2) is 132 Å². The molecule has 2 aliphatic carbocycles. The maximum absolute atomic E-state index is 6.28. The fourth-order valence-corrected chi connectivity index (χ4v) is 8.77. The summed E-state index contributed by atoms with van der Waals surface area (Å²) in [6, 6.07) is 38.7. The minimum atomic E-state index is 0.733. The molecular weight excluding hydrogens is 607 g/mol. The van der Waals surface area contributed by atoms with Crippen LogP contribution in [0.25, 0.3) is 70.2 Å². The summed E-state index contributed by atoms with van der Waals surface area (Å²) < 4.78 is 8.77. The van der Waals surface area contributed by atoms with Crippen LogP contribution in [0.4, 0.5) is 0 Å². The normalized spacial score (nSPS) is 14.7. The number of thiophene rings is 1. The quantitative estimate of drug-likeness (QED) is 0.193. The van der Waals surface area contributed by atoms with Gasteiger partial charge in [0.2, 0.25) is 0 Å². The molecule has 8 aromatic rings. The van der Waals surface area contributed by atoms with Crippen molar-refractivity contribution in [3.8, 4) is 11.4 Å². The number of para-hydroxylation sites is 1. The number of benzene rings is 5. The van der Waals surface area contributed by atoms with Gasteiger partial charge in [0.15, 0.2) is 17.5 Å². The molecule has 5 aromatic carbocycles. The average Bonchev–Trinajstić information content (AvgIpc) is 3.73. The monoisotopic (exact) mass is 635 g/mol. The van der Waals surface area contributed by atoms with E-state index in [0.717, 1.165) is 70.8 Å². The Labute approximate surface area is 280 Å². The van der Waals surface area contributed by atoms with E-state index in [1.54, 1.807) is 0 Å². The van der Waals surface area contributed by atoms with Crippen LogP contribution in [0.2, 0.25) is 0 Å². The third-order valence-corrected chi connectivity index (χ3v) is 11.0. The van der Waals surface area contributed by atoms with Crippen LogP contribution >= 0.6 is 11.3 Å². The van der Waals surface area contributed by atoms with Gasteiger partial charge in [-0.3, -0.25) is 0 Å². The molecule has 0 amide bonds. The fourth-order valence-electron chi connectivity index (χ4n) is 7.55. The zero-order chi connectivity index (χ0) is 31.6. The first-order valence-electron chi connectivity index (χ1n) is 16.6. The number of aromatic nitrogens is 3. The molecule has 0 saturated heterocycles. The van der Waals surface area contributed by atoms with Crippen molar-refractivity contribution in [2.24, 2.45) is 0 Å². The van der Waals surface area contributed by atoms with E-state index in [2.05, 4.69) is 121 Å². The number of hydrogen-bond acceptors (Lipinski definition) is 5. The van der Waals surface area contributed by atoms with Crippen molar-refractivity contribution in [2.75, 3.05) is 0 Å². The molecule has 0 fully saturated rings. The number of furan rings is 1. The fraction of sp³-hybridized carbons (Fsp3) is 0.0930. The summed E-state index contributed by atoms with van der Waals surface area (Å²) >= 11 is 1.81. The minimum absolute atomic E-state index is 0.733. The molecule has 0 spiro atoms.